The van der Waals surface area contributed by atoms with Gasteiger partial charge in [-0.1, -0.05) is 13.8 Å². The van der Waals surface area contributed by atoms with Gasteiger partial charge >= 0.3 is 0 Å². The summed E-state index contributed by atoms with van der Waals surface area (Å²) in [6.07, 6.45) is 6.88. The number of aromatic amines is 1. The lowest BCUT2D eigenvalue weighted by molar-refractivity contribution is -0.120. The van der Waals surface area contributed by atoms with E-state index in [9.17, 15) is 9.59 Å². The Hall–Kier alpha value is -3.50. The number of thiazole rings is 1. The molecule has 0 spiro atoms. The molecule has 1 aliphatic heterocycles. The van der Waals surface area contributed by atoms with Crippen molar-refractivity contribution in [2.75, 3.05) is 25.0 Å². The van der Waals surface area contributed by atoms with Gasteiger partial charge in [-0.25, -0.2) is 4.52 Å². The number of hydrogen-bond donors (Lipinski definition) is 3. The molecule has 170 valence electrons. The number of aryl methyl sites for hydroxylation is 1. The Bertz CT molecular complexity index is 1360. The first kappa shape index (κ1) is 21.4. The van der Waals surface area contributed by atoms with E-state index in [1.807, 2.05) is 31.5 Å². The summed E-state index contributed by atoms with van der Waals surface area (Å²) in [5.74, 6) is -0.595. The summed E-state index contributed by atoms with van der Waals surface area (Å²) < 4.78 is 1.73. The van der Waals surface area contributed by atoms with Crippen molar-refractivity contribution in [3.63, 3.8) is 0 Å². The van der Waals surface area contributed by atoms with Gasteiger partial charge in [-0.2, -0.15) is 5.10 Å². The number of carbonyl (C=O) groups is 2. The molecule has 4 N–H and O–H groups in total. The molecule has 5 rings (SSSR count). The number of rotatable bonds is 6. The van der Waals surface area contributed by atoms with Crippen LogP contribution >= 0.6 is 11.3 Å². The Balaban J connectivity index is 1.52. The number of nitrogens with one attached hydrogen (secondary N) is 2. The molecule has 33 heavy (non-hydrogen) atoms. The van der Waals surface area contributed by atoms with E-state index >= 15 is 0 Å². The van der Waals surface area contributed by atoms with E-state index in [-0.39, 0.29) is 11.3 Å². The third-order valence-electron chi connectivity index (χ3n) is 5.77. The van der Waals surface area contributed by atoms with Crippen molar-refractivity contribution in [1.82, 2.24) is 24.5 Å². The van der Waals surface area contributed by atoms with Gasteiger partial charge < -0.3 is 16.0 Å². The fourth-order valence-corrected chi connectivity index (χ4v) is 5.64. The maximum atomic E-state index is 12.6. The van der Waals surface area contributed by atoms with Crippen LogP contribution in [-0.4, -0.2) is 55.9 Å². The highest BCUT2D eigenvalue weighted by Gasteiger charge is 2.34. The Morgan fingerprint density at radius 2 is 2.09 bits per heavy atom. The fourth-order valence-electron chi connectivity index (χ4n) is 4.42. The molecule has 0 atom stereocenters. The third-order valence-corrected chi connectivity index (χ3v) is 6.99. The topological polar surface area (TPSA) is 121 Å². The zero-order valence-electron chi connectivity index (χ0n) is 18.7. The van der Waals surface area contributed by atoms with E-state index in [2.05, 4.69) is 39.1 Å². The molecule has 9 nitrogen and oxygen atoms in total. The van der Waals surface area contributed by atoms with Crippen molar-refractivity contribution in [1.29, 1.82) is 0 Å². The molecule has 0 bridgehead atoms. The maximum absolute atomic E-state index is 12.6. The zero-order chi connectivity index (χ0) is 23.3. The summed E-state index contributed by atoms with van der Waals surface area (Å²) in [5, 5.41) is 7.42. The number of likely N-dealkylation sites (tertiary alicyclic amines) is 1. The first-order valence-corrected chi connectivity index (χ1v) is 11.5. The summed E-state index contributed by atoms with van der Waals surface area (Å²) in [6.45, 7) is 8.47. The highest BCUT2D eigenvalue weighted by Crippen LogP contribution is 2.41. The second kappa shape index (κ2) is 7.82. The Morgan fingerprint density at radius 3 is 2.76 bits per heavy atom. The predicted octanol–water partition coefficient (Wildman–Crippen LogP) is 3.14. The van der Waals surface area contributed by atoms with Crippen LogP contribution in [0.4, 0.5) is 5.69 Å². The second-order valence-corrected chi connectivity index (χ2v) is 10.2. The molecule has 0 radical (unpaired) electrons. The SMILES string of the molecule is Cc1ncc(NC(=O)CN2CC(C)(C)C2)cc1-c1c(-c2cc[nH]c2)sc2c(C(N)=O)cnn12. The molecule has 10 heteroatoms. The lowest BCUT2D eigenvalue weighted by atomic mass is 9.84. The van der Waals surface area contributed by atoms with Crippen LogP contribution in [-0.2, 0) is 4.79 Å². The number of H-pyrrole nitrogens is 1. The van der Waals surface area contributed by atoms with Gasteiger partial charge in [0.25, 0.3) is 5.91 Å². The molecule has 2 amide bonds. The highest BCUT2D eigenvalue weighted by atomic mass is 32.1. The van der Waals surface area contributed by atoms with Crippen molar-refractivity contribution in [2.24, 2.45) is 11.1 Å². The van der Waals surface area contributed by atoms with Crippen LogP contribution in [0.3, 0.4) is 0 Å². The van der Waals surface area contributed by atoms with Crippen molar-refractivity contribution in [3.8, 4) is 21.7 Å². The van der Waals surface area contributed by atoms with E-state index in [4.69, 9.17) is 5.73 Å². The summed E-state index contributed by atoms with van der Waals surface area (Å²) in [6, 6.07) is 3.87. The second-order valence-electron chi connectivity index (χ2n) is 9.23. The number of nitrogens with zero attached hydrogens (tertiary/aromatic N) is 4. The van der Waals surface area contributed by atoms with Crippen LogP contribution in [0.5, 0.6) is 0 Å². The van der Waals surface area contributed by atoms with E-state index in [0.29, 0.717) is 22.6 Å². The number of hydrogen-bond acceptors (Lipinski definition) is 6. The fraction of sp³-hybridized carbons (Fsp3) is 0.304. The lowest BCUT2D eigenvalue weighted by Crippen LogP contribution is -2.54. The van der Waals surface area contributed by atoms with Crippen LogP contribution in [0.15, 0.2) is 36.9 Å². The van der Waals surface area contributed by atoms with Crippen molar-refractivity contribution < 1.29 is 9.59 Å². The molecular formula is C23H25N7O2S. The summed E-state index contributed by atoms with van der Waals surface area (Å²) in [7, 11) is 0. The van der Waals surface area contributed by atoms with Crippen LogP contribution in [0, 0.1) is 12.3 Å². The van der Waals surface area contributed by atoms with E-state index in [0.717, 1.165) is 40.5 Å². The van der Waals surface area contributed by atoms with Gasteiger partial charge in [0.1, 0.15) is 4.83 Å². The first-order chi connectivity index (χ1) is 15.7. The number of anilines is 1. The molecular weight excluding hydrogens is 438 g/mol. The van der Waals surface area contributed by atoms with Crippen molar-refractivity contribution >= 4 is 33.7 Å². The summed E-state index contributed by atoms with van der Waals surface area (Å²) in [4.78, 5) is 35.9. The van der Waals surface area contributed by atoms with Crippen molar-refractivity contribution in [3.05, 3.63) is 48.2 Å². The number of amides is 2. The largest absolute Gasteiger partial charge is 0.367 e. The Labute approximate surface area is 194 Å². The quantitative estimate of drug-likeness (QED) is 0.406. The van der Waals surface area contributed by atoms with Gasteiger partial charge in [0.05, 0.1) is 40.8 Å². The predicted molar refractivity (Wildman–Crippen MR) is 128 cm³/mol. The minimum absolute atomic E-state index is 0.0708. The molecule has 1 fully saturated rings. The van der Waals surface area contributed by atoms with Gasteiger partial charge in [0.2, 0.25) is 5.91 Å². The number of carbonyl (C=O) groups excluding carboxylic acids is 2. The lowest BCUT2D eigenvalue weighted by Gasteiger charge is -2.45. The van der Waals surface area contributed by atoms with Crippen LogP contribution < -0.4 is 11.1 Å². The highest BCUT2D eigenvalue weighted by molar-refractivity contribution is 7.21. The monoisotopic (exact) mass is 463 g/mol. The molecule has 0 aliphatic carbocycles. The number of pyridine rings is 1. The number of aromatic nitrogens is 4. The molecule has 0 aromatic carbocycles. The Kier molecular flexibility index (Phi) is 5.06. The minimum atomic E-state index is -0.525. The normalized spacial score (nSPS) is 15.5. The van der Waals surface area contributed by atoms with Crippen LogP contribution in [0.25, 0.3) is 26.5 Å². The average molecular weight is 464 g/mol. The number of fused-ring (bicyclic) bond motifs is 1. The maximum Gasteiger partial charge on any atom is 0.253 e. The van der Waals surface area contributed by atoms with Gasteiger partial charge in [-0.15, -0.1) is 11.3 Å². The standard InChI is InChI=1S/C23H25N7O2S/c1-13-16(6-15(8-26-13)28-18(31)10-29-11-23(2,3)12-29)19-20(14-4-5-25-7-14)33-22-17(21(24)32)9-27-30(19)22/h4-9,25H,10-12H2,1-3H3,(H2,24,32)(H,28,31). The molecule has 1 saturated heterocycles. The van der Waals surface area contributed by atoms with Gasteiger partial charge in [-0.3, -0.25) is 19.5 Å². The average Bonchev–Trinajstić information content (AvgIpc) is 3.44. The smallest absolute Gasteiger partial charge is 0.253 e. The zero-order valence-corrected chi connectivity index (χ0v) is 19.5. The van der Waals surface area contributed by atoms with E-state index in [1.54, 1.807) is 10.7 Å². The van der Waals surface area contributed by atoms with E-state index in [1.165, 1.54) is 17.5 Å². The number of nitrogens with two attached hydrogens (primary N) is 1. The summed E-state index contributed by atoms with van der Waals surface area (Å²) in [5.41, 5.74) is 10.2. The van der Waals surface area contributed by atoms with E-state index < -0.39 is 5.91 Å². The Morgan fingerprint density at radius 1 is 1.30 bits per heavy atom. The van der Waals surface area contributed by atoms with Crippen molar-refractivity contribution in [2.45, 2.75) is 20.8 Å². The van der Waals surface area contributed by atoms with Crippen LogP contribution in [0.2, 0.25) is 0 Å². The first-order valence-electron chi connectivity index (χ1n) is 10.6. The van der Waals surface area contributed by atoms with Crippen LogP contribution in [0.1, 0.15) is 29.9 Å². The molecule has 0 saturated carbocycles. The van der Waals surface area contributed by atoms with Gasteiger partial charge in [0.15, 0.2) is 0 Å². The molecule has 4 aromatic rings. The molecule has 1 aliphatic rings. The third kappa shape index (κ3) is 3.91. The van der Waals surface area contributed by atoms with Gasteiger partial charge in [0, 0.05) is 42.3 Å². The molecule has 5 heterocycles. The molecule has 4 aromatic heterocycles. The minimum Gasteiger partial charge on any atom is -0.367 e. The number of primary amides is 1. The molecule has 0 unspecified atom stereocenters. The van der Waals surface area contributed by atoms with Gasteiger partial charge in [-0.05, 0) is 24.5 Å². The summed E-state index contributed by atoms with van der Waals surface area (Å²) >= 11 is 1.44.